The second kappa shape index (κ2) is 5.41. The molecule has 0 N–H and O–H groups in total. The minimum absolute atomic E-state index is 0.575. The third-order valence-corrected chi connectivity index (χ3v) is 4.19. The van der Waals surface area contributed by atoms with Crippen LogP contribution in [0.5, 0.6) is 0 Å². The molecular weight excluding hydrogens is 208 g/mol. The monoisotopic (exact) mass is 236 g/mol. The van der Waals surface area contributed by atoms with E-state index in [1.807, 2.05) is 0 Å². The van der Waals surface area contributed by atoms with Gasteiger partial charge in [0, 0.05) is 12.0 Å². The van der Waals surface area contributed by atoms with Gasteiger partial charge in [-0.2, -0.15) is 0 Å². The third-order valence-electron chi connectivity index (χ3n) is 4.19. The molecule has 1 saturated carbocycles. The molecule has 1 fully saturated rings. The Labute approximate surface area is 106 Å². The molecule has 1 aliphatic heterocycles. The van der Waals surface area contributed by atoms with Crippen LogP contribution in [0, 0.1) is 5.92 Å². The molecule has 98 valence electrons. The van der Waals surface area contributed by atoms with E-state index in [1.54, 1.807) is 0 Å². The normalized spacial score (nSPS) is 30.2. The summed E-state index contributed by atoms with van der Waals surface area (Å²) in [6.07, 6.45) is 8.27. The van der Waals surface area contributed by atoms with Gasteiger partial charge in [-0.25, -0.2) is 0 Å². The summed E-state index contributed by atoms with van der Waals surface area (Å²) < 4.78 is 0. The number of hydrogen-bond donors (Lipinski definition) is 0. The predicted molar refractivity (Wildman–Crippen MR) is 74.5 cm³/mol. The van der Waals surface area contributed by atoms with Crippen molar-refractivity contribution in [2.75, 3.05) is 0 Å². The van der Waals surface area contributed by atoms with Crippen molar-refractivity contribution >= 4 is 5.84 Å². The summed E-state index contributed by atoms with van der Waals surface area (Å²) >= 11 is 0. The molecule has 2 heteroatoms. The molecule has 1 aliphatic carbocycles. The van der Waals surface area contributed by atoms with E-state index in [2.05, 4.69) is 32.6 Å². The summed E-state index contributed by atoms with van der Waals surface area (Å²) in [5.41, 5.74) is 0. The first-order chi connectivity index (χ1) is 8.11. The van der Waals surface area contributed by atoms with Crippen molar-refractivity contribution < 1.29 is 0 Å². The van der Waals surface area contributed by atoms with Crippen LogP contribution < -0.4 is 0 Å². The quantitative estimate of drug-likeness (QED) is 0.711. The van der Waals surface area contributed by atoms with Gasteiger partial charge >= 0.3 is 0 Å². The van der Waals surface area contributed by atoms with Gasteiger partial charge in [0.05, 0.1) is 12.1 Å². The molecule has 0 bridgehead atoms. The second-order valence-corrected chi connectivity index (χ2v) is 6.27. The van der Waals surface area contributed by atoms with Gasteiger partial charge in [0.25, 0.3) is 0 Å². The maximum Gasteiger partial charge on any atom is 0.102 e. The molecule has 0 radical (unpaired) electrons. The zero-order valence-electron chi connectivity index (χ0n) is 11.9. The van der Waals surface area contributed by atoms with E-state index < -0.39 is 0 Å². The topological polar surface area (TPSA) is 15.6 Å². The van der Waals surface area contributed by atoms with E-state index in [4.69, 9.17) is 4.99 Å². The molecular formula is C15H28N2. The molecule has 2 rings (SSSR count). The Bertz CT molecular complexity index is 281. The van der Waals surface area contributed by atoms with Gasteiger partial charge in [-0.15, -0.1) is 0 Å². The van der Waals surface area contributed by atoms with Crippen LogP contribution in [0.1, 0.15) is 66.2 Å². The van der Waals surface area contributed by atoms with E-state index in [9.17, 15) is 0 Å². The van der Waals surface area contributed by atoms with Crippen LogP contribution in [0.3, 0.4) is 0 Å². The van der Waals surface area contributed by atoms with E-state index in [0.29, 0.717) is 24.0 Å². The first-order valence-electron chi connectivity index (χ1n) is 7.47. The number of fused-ring (bicyclic) bond motifs is 1. The smallest absolute Gasteiger partial charge is 0.102 e. The lowest BCUT2D eigenvalue weighted by atomic mass is 9.92. The second-order valence-electron chi connectivity index (χ2n) is 6.27. The van der Waals surface area contributed by atoms with Gasteiger partial charge < -0.3 is 4.90 Å². The van der Waals surface area contributed by atoms with Crippen molar-refractivity contribution in [3.8, 4) is 0 Å². The first kappa shape index (κ1) is 12.9. The van der Waals surface area contributed by atoms with Crippen LogP contribution >= 0.6 is 0 Å². The highest BCUT2D eigenvalue weighted by molar-refractivity contribution is 5.86. The first-order valence-corrected chi connectivity index (χ1v) is 7.47. The van der Waals surface area contributed by atoms with Crippen molar-refractivity contribution in [3.63, 3.8) is 0 Å². The fourth-order valence-corrected chi connectivity index (χ4v) is 3.42. The van der Waals surface area contributed by atoms with E-state index in [-0.39, 0.29) is 0 Å². The minimum atomic E-state index is 0.575. The van der Waals surface area contributed by atoms with Crippen molar-refractivity contribution in [2.45, 2.75) is 84.3 Å². The van der Waals surface area contributed by atoms with E-state index in [0.717, 1.165) is 0 Å². The number of nitrogens with zero attached hydrogens (tertiary/aromatic N) is 2. The Balaban J connectivity index is 2.19. The van der Waals surface area contributed by atoms with Crippen LogP contribution in [0.4, 0.5) is 0 Å². The average Bonchev–Trinajstić information content (AvgIpc) is 2.56. The van der Waals surface area contributed by atoms with Gasteiger partial charge in [-0.1, -0.05) is 39.5 Å². The Morgan fingerprint density at radius 3 is 2.24 bits per heavy atom. The molecule has 0 saturated heterocycles. The lowest BCUT2D eigenvalue weighted by Crippen LogP contribution is -2.45. The predicted octanol–water partition coefficient (Wildman–Crippen LogP) is 3.86. The van der Waals surface area contributed by atoms with Crippen LogP contribution in [0.2, 0.25) is 0 Å². The molecule has 0 aromatic rings. The minimum Gasteiger partial charge on any atom is -0.353 e. The standard InChI is InChI=1S/C15H28N2/c1-11(2)15-16-13-9-7-5-6-8-10-14(13)17(15)12(3)4/h11-14H,5-10H2,1-4H3. The van der Waals surface area contributed by atoms with Crippen molar-refractivity contribution in [2.24, 2.45) is 10.9 Å². The highest BCUT2D eigenvalue weighted by atomic mass is 15.3. The lowest BCUT2D eigenvalue weighted by molar-refractivity contribution is 0.220. The number of rotatable bonds is 2. The number of amidine groups is 1. The van der Waals surface area contributed by atoms with E-state index in [1.165, 1.54) is 44.4 Å². The van der Waals surface area contributed by atoms with E-state index >= 15 is 0 Å². The van der Waals surface area contributed by atoms with Crippen LogP contribution in [0.25, 0.3) is 0 Å². The van der Waals surface area contributed by atoms with Gasteiger partial charge in [-0.05, 0) is 26.7 Å². The van der Waals surface area contributed by atoms with Crippen LogP contribution in [0.15, 0.2) is 4.99 Å². The van der Waals surface area contributed by atoms with Crippen LogP contribution in [-0.2, 0) is 0 Å². The zero-order chi connectivity index (χ0) is 12.4. The molecule has 0 aromatic carbocycles. The third kappa shape index (κ3) is 2.66. The molecule has 1 heterocycles. The lowest BCUT2D eigenvalue weighted by Gasteiger charge is -2.36. The Morgan fingerprint density at radius 1 is 1.00 bits per heavy atom. The molecule has 2 aliphatic rings. The van der Waals surface area contributed by atoms with Crippen molar-refractivity contribution in [1.29, 1.82) is 0 Å². The molecule has 2 nitrogen and oxygen atoms in total. The maximum atomic E-state index is 5.06. The summed E-state index contributed by atoms with van der Waals surface area (Å²) in [7, 11) is 0. The molecule has 2 unspecified atom stereocenters. The molecule has 2 atom stereocenters. The fourth-order valence-electron chi connectivity index (χ4n) is 3.42. The summed E-state index contributed by atoms with van der Waals surface area (Å²) in [6.45, 7) is 9.21. The molecule has 0 amide bonds. The molecule has 0 spiro atoms. The zero-order valence-corrected chi connectivity index (χ0v) is 11.9. The van der Waals surface area contributed by atoms with Gasteiger partial charge in [-0.3, -0.25) is 4.99 Å². The Morgan fingerprint density at radius 2 is 1.65 bits per heavy atom. The van der Waals surface area contributed by atoms with Gasteiger partial charge in [0.2, 0.25) is 0 Å². The fraction of sp³-hybridized carbons (Fsp3) is 0.933. The summed E-state index contributed by atoms with van der Waals surface area (Å²) in [5, 5.41) is 0. The summed E-state index contributed by atoms with van der Waals surface area (Å²) in [4.78, 5) is 7.68. The molecule has 0 aromatic heterocycles. The largest absolute Gasteiger partial charge is 0.353 e. The number of aliphatic imine (C=N–C) groups is 1. The van der Waals surface area contributed by atoms with Gasteiger partial charge in [0.15, 0.2) is 0 Å². The Kier molecular flexibility index (Phi) is 4.11. The van der Waals surface area contributed by atoms with Crippen molar-refractivity contribution in [3.05, 3.63) is 0 Å². The summed E-state index contributed by atoms with van der Waals surface area (Å²) in [5.74, 6) is 1.95. The van der Waals surface area contributed by atoms with Crippen LogP contribution in [-0.4, -0.2) is 28.9 Å². The molecule has 17 heavy (non-hydrogen) atoms. The SMILES string of the molecule is CC(C)C1=NC2CCCCCCC2N1C(C)C. The number of hydrogen-bond acceptors (Lipinski definition) is 2. The maximum absolute atomic E-state index is 5.06. The average molecular weight is 236 g/mol. The highest BCUT2D eigenvalue weighted by Crippen LogP contribution is 2.32. The summed E-state index contributed by atoms with van der Waals surface area (Å²) in [6, 6.07) is 1.90. The van der Waals surface area contributed by atoms with Gasteiger partial charge in [0.1, 0.15) is 5.84 Å². The van der Waals surface area contributed by atoms with Crippen molar-refractivity contribution in [1.82, 2.24) is 4.90 Å². The highest BCUT2D eigenvalue weighted by Gasteiger charge is 2.37. The Hall–Kier alpha value is -0.530.